The molecule has 0 radical (unpaired) electrons. The van der Waals surface area contributed by atoms with Crippen molar-refractivity contribution in [2.45, 2.75) is 26.3 Å². The molecule has 0 saturated carbocycles. The number of benzene rings is 2. The van der Waals surface area contributed by atoms with E-state index in [-0.39, 0.29) is 29.4 Å². The van der Waals surface area contributed by atoms with Crippen molar-refractivity contribution in [2.75, 3.05) is 32.1 Å². The molecule has 9 heteroatoms. The van der Waals surface area contributed by atoms with Gasteiger partial charge in [0.15, 0.2) is 0 Å². The summed E-state index contributed by atoms with van der Waals surface area (Å²) in [6.45, 7) is 5.00. The summed E-state index contributed by atoms with van der Waals surface area (Å²) in [5.74, 6) is 6.52. The Labute approximate surface area is 227 Å². The number of carbonyl (C=O) groups excluding carboxylic acids is 2. The molecule has 0 spiro atoms. The van der Waals surface area contributed by atoms with Crippen molar-refractivity contribution in [1.29, 1.82) is 0 Å². The van der Waals surface area contributed by atoms with Gasteiger partial charge in [-0.1, -0.05) is 11.8 Å². The van der Waals surface area contributed by atoms with Gasteiger partial charge in [0.2, 0.25) is 0 Å². The third-order valence-electron chi connectivity index (χ3n) is 6.22. The first kappa shape index (κ1) is 27.6. The van der Waals surface area contributed by atoms with Gasteiger partial charge in [-0.3, -0.25) is 14.6 Å². The van der Waals surface area contributed by atoms with E-state index in [9.17, 15) is 14.0 Å². The minimum Gasteiger partial charge on any atom is -0.489 e. The first-order chi connectivity index (χ1) is 18.6. The number of amides is 2. The summed E-state index contributed by atoms with van der Waals surface area (Å²) in [6.07, 6.45) is 2.32. The van der Waals surface area contributed by atoms with Crippen LogP contribution in [0.25, 0.3) is 0 Å². The predicted octanol–water partition coefficient (Wildman–Crippen LogP) is 4.15. The minimum atomic E-state index is -0.937. The molecule has 1 aliphatic heterocycles. The standard InChI is InChI=1S/C30H31FN4O4/c1-30(2,14-16-32-3)13-11-20-5-10-27-26(17-20)35(4)29(37)25(19-38-27)34-28(36)24-18-23(12-15-33-24)39-22-8-6-21(31)7-9-22/h5-10,12,15,17-18,25,32H,14,16,19H2,1-4H3,(H,34,36). The van der Waals surface area contributed by atoms with Gasteiger partial charge in [0.1, 0.15) is 41.4 Å². The Morgan fingerprint density at radius 2 is 1.95 bits per heavy atom. The lowest BCUT2D eigenvalue weighted by Gasteiger charge is -2.20. The van der Waals surface area contributed by atoms with Crippen LogP contribution in [0.15, 0.2) is 60.8 Å². The Kier molecular flexibility index (Phi) is 8.47. The number of anilines is 1. The molecule has 2 amide bonds. The maximum Gasteiger partial charge on any atom is 0.270 e. The van der Waals surface area contributed by atoms with Gasteiger partial charge < -0.3 is 25.0 Å². The number of aromatic nitrogens is 1. The van der Waals surface area contributed by atoms with Crippen LogP contribution >= 0.6 is 0 Å². The van der Waals surface area contributed by atoms with Crippen molar-refractivity contribution in [1.82, 2.24) is 15.6 Å². The molecule has 1 aliphatic rings. The van der Waals surface area contributed by atoms with Crippen molar-refractivity contribution in [3.05, 3.63) is 77.9 Å². The number of hydrogen-bond acceptors (Lipinski definition) is 6. The predicted molar refractivity (Wildman–Crippen MR) is 147 cm³/mol. The molecule has 2 N–H and O–H groups in total. The van der Waals surface area contributed by atoms with Crippen LogP contribution in [0, 0.1) is 23.1 Å². The highest BCUT2D eigenvalue weighted by atomic mass is 19.1. The van der Waals surface area contributed by atoms with E-state index < -0.39 is 11.9 Å². The summed E-state index contributed by atoms with van der Waals surface area (Å²) in [5, 5.41) is 5.85. The zero-order valence-electron chi connectivity index (χ0n) is 22.4. The Morgan fingerprint density at radius 3 is 2.69 bits per heavy atom. The zero-order valence-corrected chi connectivity index (χ0v) is 22.4. The van der Waals surface area contributed by atoms with E-state index in [4.69, 9.17) is 9.47 Å². The zero-order chi connectivity index (χ0) is 28.0. The number of rotatable bonds is 7. The van der Waals surface area contributed by atoms with E-state index in [1.54, 1.807) is 19.2 Å². The molecule has 39 heavy (non-hydrogen) atoms. The van der Waals surface area contributed by atoms with Gasteiger partial charge in [-0.25, -0.2) is 4.39 Å². The smallest absolute Gasteiger partial charge is 0.270 e. The molecular weight excluding hydrogens is 499 g/mol. The molecule has 4 rings (SSSR count). The first-order valence-electron chi connectivity index (χ1n) is 12.6. The second-order valence-electron chi connectivity index (χ2n) is 9.84. The van der Waals surface area contributed by atoms with Crippen molar-refractivity contribution in [2.24, 2.45) is 5.41 Å². The fraction of sp³-hybridized carbons (Fsp3) is 0.300. The van der Waals surface area contributed by atoms with Gasteiger partial charge in [0, 0.05) is 30.3 Å². The summed E-state index contributed by atoms with van der Waals surface area (Å²) in [5.41, 5.74) is 1.23. The lowest BCUT2D eigenvalue weighted by Crippen LogP contribution is -2.49. The molecule has 202 valence electrons. The number of hydrogen-bond donors (Lipinski definition) is 2. The molecule has 0 bridgehead atoms. The van der Waals surface area contributed by atoms with E-state index in [2.05, 4.69) is 41.3 Å². The van der Waals surface area contributed by atoms with E-state index >= 15 is 0 Å². The quantitative estimate of drug-likeness (QED) is 0.446. The largest absolute Gasteiger partial charge is 0.489 e. The van der Waals surface area contributed by atoms with Crippen LogP contribution in [0.1, 0.15) is 36.3 Å². The number of carbonyl (C=O) groups is 2. The molecular formula is C30H31FN4O4. The number of nitrogens with one attached hydrogen (secondary N) is 2. The van der Waals surface area contributed by atoms with Crippen LogP contribution in [-0.4, -0.2) is 50.1 Å². The van der Waals surface area contributed by atoms with Gasteiger partial charge in [-0.05, 0) is 82.4 Å². The molecule has 1 atom stereocenters. The molecule has 8 nitrogen and oxygen atoms in total. The van der Waals surface area contributed by atoms with Crippen LogP contribution in [-0.2, 0) is 4.79 Å². The summed E-state index contributed by atoms with van der Waals surface area (Å²) in [6, 6.07) is 13.0. The van der Waals surface area contributed by atoms with Crippen LogP contribution in [0.5, 0.6) is 17.2 Å². The monoisotopic (exact) mass is 530 g/mol. The fourth-order valence-corrected chi connectivity index (χ4v) is 3.89. The van der Waals surface area contributed by atoms with Gasteiger partial charge in [0.05, 0.1) is 5.69 Å². The molecule has 3 aromatic rings. The number of likely N-dealkylation sites (N-methyl/N-ethyl adjacent to an activating group) is 1. The van der Waals surface area contributed by atoms with E-state index in [1.165, 1.54) is 41.4 Å². The van der Waals surface area contributed by atoms with Crippen LogP contribution in [0.2, 0.25) is 0 Å². The van der Waals surface area contributed by atoms with Crippen molar-refractivity contribution in [3.63, 3.8) is 0 Å². The topological polar surface area (TPSA) is 92.8 Å². The maximum absolute atomic E-state index is 13.3. The second-order valence-corrected chi connectivity index (χ2v) is 9.84. The summed E-state index contributed by atoms with van der Waals surface area (Å²) >= 11 is 0. The molecule has 0 fully saturated rings. The third-order valence-corrected chi connectivity index (χ3v) is 6.22. The maximum atomic E-state index is 13.3. The molecule has 2 heterocycles. The third kappa shape index (κ3) is 7.12. The van der Waals surface area contributed by atoms with E-state index in [0.29, 0.717) is 22.9 Å². The number of nitrogens with zero attached hydrogens (tertiary/aromatic N) is 2. The Hall–Kier alpha value is -4.42. The van der Waals surface area contributed by atoms with Gasteiger partial charge in [-0.15, -0.1) is 0 Å². The van der Waals surface area contributed by atoms with E-state index in [0.717, 1.165) is 18.5 Å². The highest BCUT2D eigenvalue weighted by molar-refractivity contribution is 6.03. The minimum absolute atomic E-state index is 0.0459. The number of pyridine rings is 1. The van der Waals surface area contributed by atoms with Gasteiger partial charge in [-0.2, -0.15) is 0 Å². The molecule has 1 aromatic heterocycles. The summed E-state index contributed by atoms with van der Waals surface area (Å²) in [4.78, 5) is 31.8. The molecule has 1 unspecified atom stereocenters. The lowest BCUT2D eigenvalue weighted by atomic mass is 9.90. The summed E-state index contributed by atoms with van der Waals surface area (Å²) in [7, 11) is 3.55. The number of ether oxygens (including phenoxy) is 2. The average molecular weight is 531 g/mol. The molecule has 2 aromatic carbocycles. The number of halogens is 1. The number of fused-ring (bicyclic) bond motifs is 1. The SMILES string of the molecule is CNCCC(C)(C)C#Cc1ccc2c(c1)N(C)C(=O)C(NC(=O)c1cc(Oc3ccc(F)cc3)ccn1)CO2. The van der Waals surface area contributed by atoms with Crippen molar-refractivity contribution < 1.29 is 23.5 Å². The summed E-state index contributed by atoms with van der Waals surface area (Å²) < 4.78 is 24.7. The van der Waals surface area contributed by atoms with Crippen LogP contribution < -0.4 is 25.0 Å². The molecule has 0 saturated heterocycles. The second kappa shape index (κ2) is 12.0. The average Bonchev–Trinajstić information content (AvgIpc) is 3.04. The van der Waals surface area contributed by atoms with Crippen molar-refractivity contribution >= 4 is 17.5 Å². The van der Waals surface area contributed by atoms with Gasteiger partial charge >= 0.3 is 0 Å². The van der Waals surface area contributed by atoms with Crippen molar-refractivity contribution in [3.8, 4) is 29.1 Å². The highest BCUT2D eigenvalue weighted by Crippen LogP contribution is 2.32. The Balaban J connectivity index is 1.45. The van der Waals surface area contributed by atoms with E-state index in [1.807, 2.05) is 19.2 Å². The highest BCUT2D eigenvalue weighted by Gasteiger charge is 2.31. The normalized spacial score (nSPS) is 14.8. The van der Waals surface area contributed by atoms with Crippen LogP contribution in [0.3, 0.4) is 0 Å². The fourth-order valence-electron chi connectivity index (χ4n) is 3.89. The Bertz CT molecular complexity index is 1410. The Morgan fingerprint density at radius 1 is 1.18 bits per heavy atom. The molecule has 0 aliphatic carbocycles. The van der Waals surface area contributed by atoms with Gasteiger partial charge in [0.25, 0.3) is 11.8 Å². The van der Waals surface area contributed by atoms with Crippen LogP contribution in [0.4, 0.5) is 10.1 Å². The lowest BCUT2D eigenvalue weighted by molar-refractivity contribution is -0.120. The first-order valence-corrected chi connectivity index (χ1v) is 12.6.